The number of carbonyl (C=O) groups excluding carboxylic acids is 2. The van der Waals surface area contributed by atoms with Crippen LogP contribution in [0.4, 0.5) is 26.3 Å². The molecule has 228 valence electrons. The van der Waals surface area contributed by atoms with E-state index in [4.69, 9.17) is 30.7 Å². The van der Waals surface area contributed by atoms with E-state index in [9.17, 15) is 35.9 Å². The second-order valence-corrected chi connectivity index (χ2v) is 10.2. The fourth-order valence-electron chi connectivity index (χ4n) is 4.25. The molecule has 0 radical (unpaired) electrons. The third-order valence-corrected chi connectivity index (χ3v) is 6.06. The van der Waals surface area contributed by atoms with Crippen LogP contribution in [0, 0.1) is 17.5 Å². The maximum atomic E-state index is 13.9. The summed E-state index contributed by atoms with van der Waals surface area (Å²) in [4.78, 5) is 50.9. The van der Waals surface area contributed by atoms with Crippen molar-refractivity contribution in [3.63, 3.8) is 0 Å². The Bertz CT molecular complexity index is 1520. The van der Waals surface area contributed by atoms with Gasteiger partial charge in [0.05, 0.1) is 17.9 Å². The van der Waals surface area contributed by atoms with E-state index in [1.807, 2.05) is 0 Å². The monoisotopic (exact) mass is 623 g/mol. The van der Waals surface area contributed by atoms with E-state index in [1.54, 1.807) is 0 Å². The zero-order valence-corrected chi connectivity index (χ0v) is 22.2. The maximum Gasteiger partial charge on any atom is 0.466 e. The van der Waals surface area contributed by atoms with Crippen LogP contribution in [-0.2, 0) is 35.0 Å². The number of hydrogen-bond acceptors (Lipinski definition) is 5. The maximum absolute atomic E-state index is 13.9. The van der Waals surface area contributed by atoms with Crippen LogP contribution in [-0.4, -0.2) is 53.5 Å². The zero-order chi connectivity index (χ0) is 31.6. The Morgan fingerprint density at radius 1 is 1.00 bits per heavy atom. The summed E-state index contributed by atoms with van der Waals surface area (Å²) < 4.78 is 91.4. The molecule has 0 saturated heterocycles. The van der Waals surface area contributed by atoms with Crippen molar-refractivity contribution in [3.8, 4) is 11.3 Å². The third kappa shape index (κ3) is 8.39. The van der Waals surface area contributed by atoms with E-state index in [1.165, 1.54) is 29.2 Å². The summed E-state index contributed by atoms with van der Waals surface area (Å²) >= 11 is 0. The van der Waals surface area contributed by atoms with Crippen LogP contribution in [0.5, 0.6) is 0 Å². The van der Waals surface area contributed by atoms with E-state index < -0.39 is 55.1 Å². The van der Waals surface area contributed by atoms with Crippen molar-refractivity contribution in [2.45, 2.75) is 38.1 Å². The van der Waals surface area contributed by atoms with Gasteiger partial charge in [0.1, 0.15) is 5.82 Å². The molecule has 2 aromatic carbocycles. The summed E-state index contributed by atoms with van der Waals surface area (Å²) in [5.41, 5.74) is 11.6. The average molecular weight is 623 g/mol. The molecule has 0 fully saturated rings. The van der Waals surface area contributed by atoms with E-state index in [0.717, 1.165) is 4.57 Å². The Balaban J connectivity index is 0.000000892. The van der Waals surface area contributed by atoms with Gasteiger partial charge >= 0.3 is 14.0 Å². The number of primary amides is 1. The van der Waals surface area contributed by atoms with Crippen molar-refractivity contribution in [3.05, 3.63) is 76.5 Å². The van der Waals surface area contributed by atoms with Gasteiger partial charge in [-0.05, 0) is 30.2 Å². The van der Waals surface area contributed by atoms with Crippen molar-refractivity contribution < 1.29 is 55.2 Å². The van der Waals surface area contributed by atoms with Gasteiger partial charge in [0, 0.05) is 42.7 Å². The molecule has 7 N–H and O–H groups in total. The highest BCUT2D eigenvalue weighted by Crippen LogP contribution is 2.36. The molecule has 1 aromatic heterocycles. The van der Waals surface area contributed by atoms with Gasteiger partial charge in [-0.3, -0.25) is 9.59 Å². The first kappa shape index (κ1) is 32.8. The molecule has 0 saturated carbocycles. The number of alkyl halides is 3. The summed E-state index contributed by atoms with van der Waals surface area (Å²) in [6.07, 6.45) is -5.30. The minimum Gasteiger partial charge on any atom is -0.366 e. The van der Waals surface area contributed by atoms with Gasteiger partial charge in [0.15, 0.2) is 11.6 Å². The van der Waals surface area contributed by atoms with Crippen LogP contribution in [0.25, 0.3) is 11.3 Å². The van der Waals surface area contributed by atoms with Gasteiger partial charge in [-0.1, -0.05) is 12.1 Å². The molecule has 3 aromatic rings. The lowest BCUT2D eigenvalue weighted by Crippen LogP contribution is -2.42. The number of nitrogens with zero attached hydrogens (tertiary/aromatic N) is 3. The largest absolute Gasteiger partial charge is 0.466 e. The number of aromatic nitrogens is 2. The lowest BCUT2D eigenvalue weighted by molar-refractivity contribution is -0.148. The van der Waals surface area contributed by atoms with Gasteiger partial charge in [-0.2, -0.15) is 13.2 Å². The first-order valence-electron chi connectivity index (χ1n) is 11.9. The molecule has 0 aliphatic carbocycles. The summed E-state index contributed by atoms with van der Waals surface area (Å²) in [5, 5.41) is 0. The van der Waals surface area contributed by atoms with Gasteiger partial charge in [0.25, 0.3) is 0 Å². The highest BCUT2D eigenvalue weighted by atomic mass is 31.2. The third-order valence-electron chi connectivity index (χ3n) is 6.06. The zero-order valence-electron chi connectivity index (χ0n) is 21.4. The molecule has 0 spiro atoms. The number of carbonyl (C=O) groups is 2. The number of hydrogen-bond donors (Lipinski definition) is 5. The number of amides is 2. The van der Waals surface area contributed by atoms with Crippen LogP contribution in [0.2, 0.25) is 0 Å². The number of fused-ring (bicyclic) bond motifs is 1. The number of rotatable bonds is 6. The van der Waals surface area contributed by atoms with Crippen LogP contribution >= 0.6 is 7.82 Å². The van der Waals surface area contributed by atoms with Crippen molar-refractivity contribution in [1.82, 2.24) is 14.5 Å². The van der Waals surface area contributed by atoms with Crippen LogP contribution in [0.3, 0.4) is 0 Å². The van der Waals surface area contributed by atoms with Crippen LogP contribution in [0.1, 0.15) is 33.9 Å². The molecular formula is C24H24F6N5O6P. The predicted molar refractivity (Wildman–Crippen MR) is 133 cm³/mol. The molecule has 1 aliphatic rings. The number of benzene rings is 2. The number of phosphoric acid groups is 1. The van der Waals surface area contributed by atoms with E-state index in [0.29, 0.717) is 17.7 Å². The van der Waals surface area contributed by atoms with Gasteiger partial charge in [-0.15, -0.1) is 0 Å². The Labute approximate surface area is 233 Å². The van der Waals surface area contributed by atoms with Crippen molar-refractivity contribution in [2.75, 3.05) is 6.54 Å². The highest BCUT2D eigenvalue weighted by molar-refractivity contribution is 7.45. The predicted octanol–water partition coefficient (Wildman–Crippen LogP) is 2.46. The molecule has 0 unspecified atom stereocenters. The van der Waals surface area contributed by atoms with Crippen LogP contribution < -0.4 is 11.5 Å². The van der Waals surface area contributed by atoms with Crippen LogP contribution in [0.15, 0.2) is 36.4 Å². The fraction of sp³-hybridized carbons (Fsp3) is 0.292. The Morgan fingerprint density at radius 2 is 1.57 bits per heavy atom. The summed E-state index contributed by atoms with van der Waals surface area (Å²) in [6.45, 7) is -0.450. The molecule has 0 bridgehead atoms. The minimum atomic E-state index is -4.75. The Morgan fingerprint density at radius 3 is 2.12 bits per heavy atom. The molecule has 18 heteroatoms. The first-order chi connectivity index (χ1) is 19.3. The number of halogens is 6. The Hall–Kier alpha value is -3.76. The topological polar surface area (TPSA) is 185 Å². The lowest BCUT2D eigenvalue weighted by atomic mass is 10.0. The molecule has 11 nitrogen and oxygen atoms in total. The molecule has 1 aliphatic heterocycles. The average Bonchev–Trinajstić information content (AvgIpc) is 3.26. The lowest BCUT2D eigenvalue weighted by Gasteiger charge is -2.30. The quantitative estimate of drug-likeness (QED) is 0.158. The molecule has 2 amide bonds. The smallest absolute Gasteiger partial charge is 0.366 e. The standard InChI is InChI=1S/C24H21F6N5O2.H3O4P/c25-16-10-18(27)17(26)8-14(16)7-15(31)9-20(36)34-5-6-35-19(11-34)21(33-23(35)24(28,29)30)12-1-3-13(4-2-12)22(32)37;1-5(2,3)4/h1-4,8,10,15H,5-7,9,11,31H2,(H2,32,37);(H3,1,2,3,4)/t15-;/m1./s1. The highest BCUT2D eigenvalue weighted by Gasteiger charge is 2.40. The second-order valence-electron chi connectivity index (χ2n) is 9.18. The number of nitrogens with two attached hydrogens (primary N) is 2. The van der Waals surface area contributed by atoms with Gasteiger partial charge in [0.2, 0.25) is 17.6 Å². The second kappa shape index (κ2) is 12.6. The van der Waals surface area contributed by atoms with E-state index in [2.05, 4.69) is 4.98 Å². The first-order valence-corrected chi connectivity index (χ1v) is 13.4. The van der Waals surface area contributed by atoms with Gasteiger partial charge < -0.3 is 35.6 Å². The Kier molecular flexibility index (Phi) is 9.85. The van der Waals surface area contributed by atoms with E-state index in [-0.39, 0.29) is 55.0 Å². The van der Waals surface area contributed by atoms with Crippen molar-refractivity contribution >= 4 is 19.6 Å². The minimum absolute atomic E-state index is 0.00555. The fourth-order valence-corrected chi connectivity index (χ4v) is 4.25. The molecule has 2 heterocycles. The van der Waals surface area contributed by atoms with Crippen molar-refractivity contribution in [2.24, 2.45) is 11.5 Å². The SMILES string of the molecule is NC(=O)c1ccc(-c2nc(C(F)(F)F)n3c2CN(C(=O)C[C@H](N)Cc2cc(F)c(F)cc2F)CC3)cc1.O=P(O)(O)O. The molecule has 4 rings (SSSR count). The van der Waals surface area contributed by atoms with Crippen molar-refractivity contribution in [1.29, 1.82) is 0 Å². The van der Waals surface area contributed by atoms with Gasteiger partial charge in [-0.25, -0.2) is 22.7 Å². The summed E-state index contributed by atoms with van der Waals surface area (Å²) in [6, 6.07) is 5.65. The number of imidazole rings is 1. The molecule has 1 atom stereocenters. The summed E-state index contributed by atoms with van der Waals surface area (Å²) in [5.74, 6) is -5.94. The molecular weight excluding hydrogens is 599 g/mol. The molecule has 42 heavy (non-hydrogen) atoms. The van der Waals surface area contributed by atoms with E-state index >= 15 is 0 Å². The normalized spacial score (nSPS) is 14.1. The summed E-state index contributed by atoms with van der Waals surface area (Å²) in [7, 11) is -4.64.